The van der Waals surface area contributed by atoms with Crippen molar-refractivity contribution in [3.8, 4) is 11.3 Å². The summed E-state index contributed by atoms with van der Waals surface area (Å²) >= 11 is 3.43. The molecule has 0 atom stereocenters. The number of halogens is 1. The number of nitrogens with zero attached hydrogens (tertiary/aromatic N) is 1. The van der Waals surface area contributed by atoms with Gasteiger partial charge in [-0.1, -0.05) is 39.7 Å². The molecule has 0 saturated carbocycles. The van der Waals surface area contributed by atoms with E-state index in [0.29, 0.717) is 22.2 Å². The zero-order chi connectivity index (χ0) is 15.9. The first-order chi connectivity index (χ1) is 10.5. The van der Waals surface area contributed by atoms with Gasteiger partial charge in [0.25, 0.3) is 0 Å². The van der Waals surface area contributed by atoms with E-state index >= 15 is 0 Å². The predicted molar refractivity (Wildman–Crippen MR) is 88.7 cm³/mol. The number of fused-ring (bicyclic) bond motifs is 1. The molecule has 1 aromatic heterocycles. The van der Waals surface area contributed by atoms with Crippen LogP contribution in [-0.2, 0) is 0 Å². The second kappa shape index (κ2) is 5.54. The minimum atomic E-state index is -1.17. The van der Waals surface area contributed by atoms with Gasteiger partial charge >= 0.3 is 0 Å². The minimum absolute atomic E-state index is 0.212. The second-order valence-corrected chi connectivity index (χ2v) is 6.19. The van der Waals surface area contributed by atoms with Crippen LogP contribution in [0.4, 0.5) is 0 Å². The number of aromatic carboxylic acids is 1. The summed E-state index contributed by atoms with van der Waals surface area (Å²) in [6.07, 6.45) is 0. The van der Waals surface area contributed by atoms with Crippen molar-refractivity contribution < 1.29 is 9.90 Å². The van der Waals surface area contributed by atoms with E-state index < -0.39 is 5.97 Å². The zero-order valence-corrected chi connectivity index (χ0v) is 13.8. The summed E-state index contributed by atoms with van der Waals surface area (Å²) in [6.45, 7) is 3.70. The number of carbonyl (C=O) groups is 1. The maximum Gasteiger partial charge on any atom is 0.0745 e. The summed E-state index contributed by atoms with van der Waals surface area (Å²) in [5, 5.41) is 12.3. The second-order valence-electron chi connectivity index (χ2n) is 5.28. The predicted octanol–water partition coefficient (Wildman–Crippen LogP) is 3.64. The Labute approximate surface area is 136 Å². The van der Waals surface area contributed by atoms with Gasteiger partial charge in [-0.2, -0.15) is 0 Å². The first kappa shape index (κ1) is 14.7. The Balaban J connectivity index is 2.40. The van der Waals surface area contributed by atoms with E-state index in [1.807, 2.05) is 49.4 Å². The maximum absolute atomic E-state index is 11.6. The van der Waals surface area contributed by atoms with E-state index in [2.05, 4.69) is 20.9 Å². The summed E-state index contributed by atoms with van der Waals surface area (Å²) < 4.78 is 0.921. The van der Waals surface area contributed by atoms with E-state index in [1.54, 1.807) is 6.92 Å². The molecule has 0 radical (unpaired) electrons. The summed E-state index contributed by atoms with van der Waals surface area (Å²) in [7, 11) is 0. The van der Waals surface area contributed by atoms with Gasteiger partial charge < -0.3 is 9.90 Å². The Hall–Kier alpha value is -2.20. The standard InChI is InChI=1S/C18H14BrNO2/c1-10-6-7-15-14(8-10)16(18(21)22)11(2)17(20-15)12-4-3-5-13(19)9-12/h3-9H,1-2H3,(H,21,22)/p-1. The Morgan fingerprint density at radius 1 is 1.14 bits per heavy atom. The van der Waals surface area contributed by atoms with Crippen LogP contribution in [0, 0.1) is 13.8 Å². The maximum atomic E-state index is 11.6. The molecular formula is C18H13BrNO2-. The number of hydrogen-bond acceptors (Lipinski definition) is 3. The van der Waals surface area contributed by atoms with Crippen molar-refractivity contribution in [1.29, 1.82) is 0 Å². The monoisotopic (exact) mass is 354 g/mol. The van der Waals surface area contributed by atoms with Gasteiger partial charge in [0.2, 0.25) is 0 Å². The molecule has 3 nitrogen and oxygen atoms in total. The Bertz CT molecular complexity index is 903. The molecule has 0 N–H and O–H groups in total. The van der Waals surface area contributed by atoms with Crippen molar-refractivity contribution >= 4 is 32.8 Å². The molecular weight excluding hydrogens is 342 g/mol. The highest BCUT2D eigenvalue weighted by molar-refractivity contribution is 9.10. The summed E-state index contributed by atoms with van der Waals surface area (Å²) in [5.74, 6) is -1.17. The van der Waals surface area contributed by atoms with Gasteiger partial charge in [0.1, 0.15) is 0 Å². The average molecular weight is 355 g/mol. The van der Waals surface area contributed by atoms with Gasteiger partial charge in [-0.3, -0.25) is 0 Å². The van der Waals surface area contributed by atoms with E-state index in [9.17, 15) is 9.90 Å². The lowest BCUT2D eigenvalue weighted by Gasteiger charge is -2.16. The lowest BCUT2D eigenvalue weighted by molar-refractivity contribution is -0.254. The van der Waals surface area contributed by atoms with E-state index in [4.69, 9.17) is 0 Å². The summed E-state index contributed by atoms with van der Waals surface area (Å²) in [6, 6.07) is 13.3. The zero-order valence-electron chi connectivity index (χ0n) is 12.2. The molecule has 110 valence electrons. The first-order valence-electron chi connectivity index (χ1n) is 6.85. The van der Waals surface area contributed by atoms with Crippen LogP contribution in [0.5, 0.6) is 0 Å². The summed E-state index contributed by atoms with van der Waals surface area (Å²) in [4.78, 5) is 16.3. The van der Waals surface area contributed by atoms with Crippen LogP contribution in [0.3, 0.4) is 0 Å². The molecule has 0 unspecified atom stereocenters. The number of rotatable bonds is 2. The fraction of sp³-hybridized carbons (Fsp3) is 0.111. The molecule has 0 fully saturated rings. The van der Waals surface area contributed by atoms with Crippen molar-refractivity contribution in [3.63, 3.8) is 0 Å². The highest BCUT2D eigenvalue weighted by Crippen LogP contribution is 2.31. The van der Waals surface area contributed by atoms with E-state index in [1.165, 1.54) is 0 Å². The molecule has 4 heteroatoms. The molecule has 3 aromatic rings. The number of pyridine rings is 1. The fourth-order valence-corrected chi connectivity index (χ4v) is 3.05. The molecule has 0 aliphatic rings. The van der Waals surface area contributed by atoms with E-state index in [-0.39, 0.29) is 5.56 Å². The number of aromatic nitrogens is 1. The van der Waals surface area contributed by atoms with Gasteiger partial charge in [-0.05, 0) is 43.7 Å². The van der Waals surface area contributed by atoms with Gasteiger partial charge in [-0.15, -0.1) is 0 Å². The molecule has 0 saturated heterocycles. The molecule has 0 spiro atoms. The number of carbonyl (C=O) groups excluding carboxylic acids is 1. The van der Waals surface area contributed by atoms with Crippen molar-refractivity contribution in [2.24, 2.45) is 0 Å². The number of carboxylic acid groups (broad SMARTS) is 1. The van der Waals surface area contributed by atoms with Crippen LogP contribution < -0.4 is 5.11 Å². The Kier molecular flexibility index (Phi) is 3.71. The largest absolute Gasteiger partial charge is 0.545 e. The number of aryl methyl sites for hydroxylation is 1. The SMILES string of the molecule is Cc1ccc2nc(-c3cccc(Br)c3)c(C)c(C(=O)[O-])c2c1. The molecule has 0 aliphatic carbocycles. The molecule has 0 aliphatic heterocycles. The van der Waals surface area contributed by atoms with Gasteiger partial charge in [-0.25, -0.2) is 4.98 Å². The van der Waals surface area contributed by atoms with Crippen molar-refractivity contribution in [2.75, 3.05) is 0 Å². The minimum Gasteiger partial charge on any atom is -0.545 e. The van der Waals surface area contributed by atoms with Crippen LogP contribution in [0.25, 0.3) is 22.2 Å². The third-order valence-electron chi connectivity index (χ3n) is 3.69. The molecule has 0 amide bonds. The van der Waals surface area contributed by atoms with Crippen LogP contribution >= 0.6 is 15.9 Å². The molecule has 3 rings (SSSR count). The van der Waals surface area contributed by atoms with Crippen molar-refractivity contribution in [3.05, 3.63) is 63.6 Å². The number of carboxylic acids is 1. The highest BCUT2D eigenvalue weighted by atomic mass is 79.9. The van der Waals surface area contributed by atoms with Crippen molar-refractivity contribution in [1.82, 2.24) is 4.98 Å². The molecule has 2 aromatic carbocycles. The molecule has 0 bridgehead atoms. The molecule has 1 heterocycles. The van der Waals surface area contributed by atoms with Crippen LogP contribution in [-0.4, -0.2) is 11.0 Å². The lowest BCUT2D eigenvalue weighted by Crippen LogP contribution is -2.24. The first-order valence-corrected chi connectivity index (χ1v) is 7.65. The van der Waals surface area contributed by atoms with Gasteiger partial charge in [0.15, 0.2) is 0 Å². The summed E-state index contributed by atoms with van der Waals surface area (Å²) in [5.41, 5.74) is 4.02. The van der Waals surface area contributed by atoms with Crippen molar-refractivity contribution in [2.45, 2.75) is 13.8 Å². The normalized spacial score (nSPS) is 10.9. The fourth-order valence-electron chi connectivity index (χ4n) is 2.65. The topological polar surface area (TPSA) is 53.0 Å². The Morgan fingerprint density at radius 2 is 1.91 bits per heavy atom. The lowest BCUT2D eigenvalue weighted by atomic mass is 9.97. The smallest absolute Gasteiger partial charge is 0.0745 e. The van der Waals surface area contributed by atoms with Crippen LogP contribution in [0.2, 0.25) is 0 Å². The highest BCUT2D eigenvalue weighted by Gasteiger charge is 2.14. The van der Waals surface area contributed by atoms with Crippen LogP contribution in [0.1, 0.15) is 21.5 Å². The van der Waals surface area contributed by atoms with Crippen LogP contribution in [0.15, 0.2) is 46.9 Å². The average Bonchev–Trinajstić information content (AvgIpc) is 2.46. The Morgan fingerprint density at radius 3 is 2.59 bits per heavy atom. The van der Waals surface area contributed by atoms with E-state index in [0.717, 1.165) is 15.6 Å². The number of hydrogen-bond donors (Lipinski definition) is 0. The third kappa shape index (κ3) is 2.50. The van der Waals surface area contributed by atoms with Gasteiger partial charge in [0, 0.05) is 21.0 Å². The van der Waals surface area contributed by atoms with Gasteiger partial charge in [0.05, 0.1) is 17.2 Å². The molecule has 22 heavy (non-hydrogen) atoms. The number of benzene rings is 2. The third-order valence-corrected chi connectivity index (χ3v) is 4.18. The quantitative estimate of drug-likeness (QED) is 0.705.